The van der Waals surface area contributed by atoms with Crippen LogP contribution in [0.15, 0.2) is 18.2 Å². The number of methoxy groups -OCH3 is 1. The molecule has 4 heteroatoms. The van der Waals surface area contributed by atoms with Crippen LogP contribution in [-0.2, 0) is 4.74 Å². The Balaban J connectivity index is 2.59. The lowest BCUT2D eigenvalue weighted by Crippen LogP contribution is -2.18. The molecule has 1 N–H and O–H groups in total. The molecule has 0 saturated carbocycles. The number of hydrogen-bond acceptors (Lipinski definition) is 2. The fraction of sp³-hybridized carbons (Fsp3) is 0.400. The minimum atomic E-state index is -0.590. The van der Waals surface area contributed by atoms with Crippen molar-refractivity contribution in [1.29, 1.82) is 0 Å². The summed E-state index contributed by atoms with van der Waals surface area (Å²) in [7, 11) is 1.58. The van der Waals surface area contributed by atoms with E-state index in [0.717, 1.165) is 6.07 Å². The Morgan fingerprint density at radius 3 is 2.71 bits per heavy atom. The number of ether oxygens (including phenoxy) is 1. The van der Waals surface area contributed by atoms with Crippen LogP contribution < -0.4 is 5.32 Å². The fourth-order valence-electron chi connectivity index (χ4n) is 0.970. The van der Waals surface area contributed by atoms with Crippen LogP contribution in [-0.4, -0.2) is 19.8 Å². The van der Waals surface area contributed by atoms with E-state index in [2.05, 4.69) is 5.32 Å². The monoisotopic (exact) mass is 201 g/mol. The molecule has 0 saturated heterocycles. The fourth-order valence-corrected chi connectivity index (χ4v) is 0.970. The molecule has 1 aromatic carbocycles. The second kappa shape index (κ2) is 4.91. The lowest BCUT2D eigenvalue weighted by Gasteiger charge is -2.12. The number of hydrogen-bond donors (Lipinski definition) is 1. The van der Waals surface area contributed by atoms with Gasteiger partial charge in [0, 0.05) is 19.7 Å². The highest BCUT2D eigenvalue weighted by atomic mass is 19.1. The number of halogens is 2. The topological polar surface area (TPSA) is 21.3 Å². The number of anilines is 1. The van der Waals surface area contributed by atoms with Crippen molar-refractivity contribution in [2.45, 2.75) is 13.0 Å². The average molecular weight is 201 g/mol. The minimum absolute atomic E-state index is 0.0144. The van der Waals surface area contributed by atoms with E-state index in [0.29, 0.717) is 6.54 Å². The molecule has 78 valence electrons. The molecule has 0 aliphatic heterocycles. The molecular weight excluding hydrogens is 188 g/mol. The van der Waals surface area contributed by atoms with Crippen molar-refractivity contribution in [1.82, 2.24) is 0 Å². The van der Waals surface area contributed by atoms with E-state index >= 15 is 0 Å². The first-order valence-corrected chi connectivity index (χ1v) is 4.35. The van der Waals surface area contributed by atoms with Crippen LogP contribution in [0.25, 0.3) is 0 Å². The van der Waals surface area contributed by atoms with Gasteiger partial charge in [0.15, 0.2) is 0 Å². The summed E-state index contributed by atoms with van der Waals surface area (Å²) < 4.78 is 30.6. The molecule has 0 aromatic heterocycles. The van der Waals surface area contributed by atoms with Crippen molar-refractivity contribution in [3.8, 4) is 0 Å². The molecule has 0 aliphatic carbocycles. The smallest absolute Gasteiger partial charge is 0.149 e. The van der Waals surface area contributed by atoms with Gasteiger partial charge in [-0.25, -0.2) is 8.78 Å². The molecule has 14 heavy (non-hydrogen) atoms. The molecule has 0 amide bonds. The van der Waals surface area contributed by atoms with Gasteiger partial charge in [-0.05, 0) is 19.1 Å². The summed E-state index contributed by atoms with van der Waals surface area (Å²) in [5.41, 5.74) is 0.287. The predicted molar refractivity (Wildman–Crippen MR) is 51.3 cm³/mol. The van der Waals surface area contributed by atoms with Gasteiger partial charge in [0.2, 0.25) is 0 Å². The van der Waals surface area contributed by atoms with Crippen molar-refractivity contribution in [2.24, 2.45) is 0 Å². The maximum atomic E-state index is 13.1. The minimum Gasteiger partial charge on any atom is -0.380 e. The van der Waals surface area contributed by atoms with Crippen LogP contribution in [0, 0.1) is 11.6 Å². The Labute approximate surface area is 81.9 Å². The van der Waals surface area contributed by atoms with E-state index in [1.165, 1.54) is 12.1 Å². The van der Waals surface area contributed by atoms with Crippen LogP contribution >= 0.6 is 0 Å². The molecule has 0 radical (unpaired) electrons. The molecule has 0 heterocycles. The normalized spacial score (nSPS) is 12.6. The molecule has 1 aromatic rings. The number of nitrogens with one attached hydrogen (secondary N) is 1. The summed E-state index contributed by atoms with van der Waals surface area (Å²) in [5.74, 6) is -1.17. The molecule has 0 fully saturated rings. The van der Waals surface area contributed by atoms with Gasteiger partial charge in [0.25, 0.3) is 0 Å². The average Bonchev–Trinajstić information content (AvgIpc) is 2.16. The van der Waals surface area contributed by atoms with Gasteiger partial charge in [0.1, 0.15) is 11.6 Å². The van der Waals surface area contributed by atoms with E-state index in [4.69, 9.17) is 4.74 Å². The highest BCUT2D eigenvalue weighted by molar-refractivity contribution is 5.44. The summed E-state index contributed by atoms with van der Waals surface area (Å²) in [4.78, 5) is 0. The van der Waals surface area contributed by atoms with Gasteiger partial charge >= 0.3 is 0 Å². The Bertz CT molecular complexity index is 304. The van der Waals surface area contributed by atoms with E-state index in [1.54, 1.807) is 7.11 Å². The van der Waals surface area contributed by atoms with Crippen molar-refractivity contribution >= 4 is 5.69 Å². The zero-order valence-electron chi connectivity index (χ0n) is 8.18. The SMILES string of the molecule is COC(C)CNc1ccc(F)cc1F. The standard InChI is InChI=1S/C10H13F2NO/c1-7(14-2)6-13-10-4-3-8(11)5-9(10)12/h3-5,7,13H,6H2,1-2H3. The molecule has 1 rings (SSSR count). The summed E-state index contributed by atoms with van der Waals surface area (Å²) in [6.07, 6.45) is -0.0144. The summed E-state index contributed by atoms with van der Waals surface area (Å²) in [6, 6.07) is 3.43. The van der Waals surface area contributed by atoms with Crippen LogP contribution in [0.3, 0.4) is 0 Å². The highest BCUT2D eigenvalue weighted by Crippen LogP contribution is 2.14. The quantitative estimate of drug-likeness (QED) is 0.807. The van der Waals surface area contributed by atoms with Gasteiger partial charge in [-0.1, -0.05) is 0 Å². The Hall–Kier alpha value is -1.16. The van der Waals surface area contributed by atoms with E-state index in [9.17, 15) is 8.78 Å². The summed E-state index contributed by atoms with van der Waals surface area (Å²) in [6.45, 7) is 2.34. The van der Waals surface area contributed by atoms with Crippen LogP contribution in [0.1, 0.15) is 6.92 Å². The molecule has 0 spiro atoms. The zero-order valence-corrected chi connectivity index (χ0v) is 8.18. The van der Waals surface area contributed by atoms with Crippen molar-refractivity contribution in [3.63, 3.8) is 0 Å². The van der Waals surface area contributed by atoms with Crippen molar-refractivity contribution in [3.05, 3.63) is 29.8 Å². The Kier molecular flexibility index (Phi) is 3.83. The van der Waals surface area contributed by atoms with Gasteiger partial charge in [-0.2, -0.15) is 0 Å². The van der Waals surface area contributed by atoms with Gasteiger partial charge in [-0.3, -0.25) is 0 Å². The lowest BCUT2D eigenvalue weighted by atomic mass is 10.3. The van der Waals surface area contributed by atoms with E-state index < -0.39 is 11.6 Å². The summed E-state index contributed by atoms with van der Waals surface area (Å²) in [5, 5.41) is 2.82. The molecule has 2 nitrogen and oxygen atoms in total. The van der Waals surface area contributed by atoms with Crippen molar-refractivity contribution in [2.75, 3.05) is 19.0 Å². The molecule has 1 unspecified atom stereocenters. The van der Waals surface area contributed by atoms with E-state index in [-0.39, 0.29) is 11.8 Å². The lowest BCUT2D eigenvalue weighted by molar-refractivity contribution is 0.128. The van der Waals surface area contributed by atoms with Crippen LogP contribution in [0.4, 0.5) is 14.5 Å². The van der Waals surface area contributed by atoms with E-state index in [1.807, 2.05) is 6.92 Å². The first kappa shape index (κ1) is 10.9. The molecule has 0 bridgehead atoms. The molecular formula is C10H13F2NO. The predicted octanol–water partition coefficient (Wildman–Crippen LogP) is 2.41. The first-order valence-electron chi connectivity index (χ1n) is 4.35. The third-order valence-electron chi connectivity index (χ3n) is 1.91. The van der Waals surface area contributed by atoms with Gasteiger partial charge < -0.3 is 10.1 Å². The largest absolute Gasteiger partial charge is 0.380 e. The number of benzene rings is 1. The van der Waals surface area contributed by atoms with Gasteiger partial charge in [-0.15, -0.1) is 0 Å². The Morgan fingerprint density at radius 1 is 1.43 bits per heavy atom. The maximum absolute atomic E-state index is 13.1. The second-order valence-electron chi connectivity index (χ2n) is 3.05. The van der Waals surface area contributed by atoms with Crippen LogP contribution in [0.5, 0.6) is 0 Å². The first-order chi connectivity index (χ1) is 6.63. The zero-order chi connectivity index (χ0) is 10.6. The third kappa shape index (κ3) is 2.96. The molecule has 1 atom stereocenters. The number of rotatable bonds is 4. The third-order valence-corrected chi connectivity index (χ3v) is 1.91. The molecule has 0 aliphatic rings. The van der Waals surface area contributed by atoms with Crippen LogP contribution in [0.2, 0.25) is 0 Å². The second-order valence-corrected chi connectivity index (χ2v) is 3.05. The van der Waals surface area contributed by atoms with Crippen molar-refractivity contribution < 1.29 is 13.5 Å². The Morgan fingerprint density at radius 2 is 2.14 bits per heavy atom. The van der Waals surface area contributed by atoms with Gasteiger partial charge in [0.05, 0.1) is 11.8 Å². The summed E-state index contributed by atoms with van der Waals surface area (Å²) >= 11 is 0. The maximum Gasteiger partial charge on any atom is 0.149 e. The highest BCUT2D eigenvalue weighted by Gasteiger charge is 2.04.